The first kappa shape index (κ1) is 18.2. The Hall–Kier alpha value is -3.19. The van der Waals surface area contributed by atoms with Gasteiger partial charge in [0.2, 0.25) is 11.7 Å². The Balaban J connectivity index is 1.84. The van der Waals surface area contributed by atoms with E-state index in [-0.39, 0.29) is 35.5 Å². The number of carbonyl (C=O) groups excluding carboxylic acids is 1. The summed E-state index contributed by atoms with van der Waals surface area (Å²) in [6.07, 6.45) is 1.97. The molecule has 2 heterocycles. The Morgan fingerprint density at radius 1 is 1.21 bits per heavy atom. The molecule has 0 saturated heterocycles. The lowest BCUT2D eigenvalue weighted by Gasteiger charge is -2.24. The lowest BCUT2D eigenvalue weighted by molar-refractivity contribution is -0.116. The van der Waals surface area contributed by atoms with E-state index in [0.717, 1.165) is 16.8 Å². The van der Waals surface area contributed by atoms with Crippen LogP contribution in [0.25, 0.3) is 5.69 Å². The summed E-state index contributed by atoms with van der Waals surface area (Å²) in [7, 11) is 2.93. The van der Waals surface area contributed by atoms with Gasteiger partial charge in [-0.25, -0.2) is 4.68 Å². The molecule has 1 aliphatic heterocycles. The first-order valence-electron chi connectivity index (χ1n) is 8.60. The summed E-state index contributed by atoms with van der Waals surface area (Å²) in [6.45, 7) is 0. The van der Waals surface area contributed by atoms with Gasteiger partial charge in [0.15, 0.2) is 11.5 Å². The Bertz CT molecular complexity index is 1040. The maximum Gasteiger partial charge on any atom is 0.226 e. The molecule has 2 aromatic carbocycles. The van der Waals surface area contributed by atoms with Crippen LogP contribution in [0.3, 0.4) is 0 Å². The number of ether oxygens (including phenoxy) is 2. The molecule has 0 aliphatic carbocycles. The van der Waals surface area contributed by atoms with E-state index in [9.17, 15) is 9.90 Å². The fourth-order valence-corrected chi connectivity index (χ4v) is 3.62. The molecule has 1 aromatic heterocycles. The van der Waals surface area contributed by atoms with Crippen LogP contribution in [-0.2, 0) is 4.79 Å². The van der Waals surface area contributed by atoms with Crippen molar-refractivity contribution >= 4 is 23.3 Å². The first-order valence-corrected chi connectivity index (χ1v) is 8.98. The Kier molecular flexibility index (Phi) is 4.60. The quantitative estimate of drug-likeness (QED) is 0.698. The fraction of sp³-hybridized carbons (Fsp3) is 0.200. The van der Waals surface area contributed by atoms with E-state index < -0.39 is 0 Å². The number of carbonyl (C=O) groups is 1. The van der Waals surface area contributed by atoms with E-state index in [1.807, 2.05) is 12.1 Å². The minimum Gasteiger partial charge on any atom is -0.502 e. The molecule has 4 rings (SSSR count). The molecule has 0 fully saturated rings. The number of aromatic nitrogens is 2. The van der Waals surface area contributed by atoms with Crippen molar-refractivity contribution in [2.45, 2.75) is 12.3 Å². The summed E-state index contributed by atoms with van der Waals surface area (Å²) in [5.41, 5.74) is 2.39. The molecular formula is C20H18ClN3O4. The van der Waals surface area contributed by atoms with Crippen molar-refractivity contribution in [3.63, 3.8) is 0 Å². The Labute approximate surface area is 166 Å². The molecule has 0 saturated carbocycles. The number of fused-ring (bicyclic) bond motifs is 1. The number of hydrogen-bond acceptors (Lipinski definition) is 5. The van der Waals surface area contributed by atoms with Gasteiger partial charge in [-0.15, -0.1) is 0 Å². The number of benzene rings is 2. The molecule has 1 atom stereocenters. The molecule has 1 aliphatic rings. The average molecular weight is 400 g/mol. The van der Waals surface area contributed by atoms with Crippen LogP contribution < -0.4 is 14.8 Å². The Morgan fingerprint density at radius 2 is 1.93 bits per heavy atom. The monoisotopic (exact) mass is 399 g/mol. The van der Waals surface area contributed by atoms with Crippen molar-refractivity contribution in [3.05, 3.63) is 58.7 Å². The molecule has 28 heavy (non-hydrogen) atoms. The van der Waals surface area contributed by atoms with E-state index in [1.165, 1.54) is 14.2 Å². The zero-order valence-electron chi connectivity index (χ0n) is 15.3. The number of methoxy groups -OCH3 is 2. The van der Waals surface area contributed by atoms with Crippen LogP contribution in [0.1, 0.15) is 23.5 Å². The lowest BCUT2D eigenvalue weighted by Crippen LogP contribution is -2.24. The number of nitrogens with one attached hydrogen (secondary N) is 1. The first-order chi connectivity index (χ1) is 13.5. The third kappa shape index (κ3) is 3.03. The van der Waals surface area contributed by atoms with E-state index in [4.69, 9.17) is 21.1 Å². The van der Waals surface area contributed by atoms with Crippen molar-refractivity contribution < 1.29 is 19.4 Å². The molecule has 8 heteroatoms. The minimum atomic E-state index is -0.264. The molecule has 0 unspecified atom stereocenters. The molecule has 2 N–H and O–H groups in total. The zero-order valence-corrected chi connectivity index (χ0v) is 16.0. The normalized spacial score (nSPS) is 15.7. The van der Waals surface area contributed by atoms with E-state index in [2.05, 4.69) is 10.4 Å². The molecule has 144 valence electrons. The topological polar surface area (TPSA) is 85.6 Å². The maximum absolute atomic E-state index is 12.4. The highest BCUT2D eigenvalue weighted by molar-refractivity contribution is 6.30. The van der Waals surface area contributed by atoms with Crippen molar-refractivity contribution in [3.8, 4) is 22.9 Å². The number of phenolic OH excluding ortho intramolecular Hbond substituents is 1. The molecule has 1 amide bonds. The van der Waals surface area contributed by atoms with Crippen LogP contribution in [0, 0.1) is 0 Å². The van der Waals surface area contributed by atoms with Gasteiger partial charge in [0.1, 0.15) is 5.82 Å². The van der Waals surface area contributed by atoms with Crippen LogP contribution in [0.5, 0.6) is 17.2 Å². The highest BCUT2D eigenvalue weighted by Crippen LogP contribution is 2.44. The van der Waals surface area contributed by atoms with Gasteiger partial charge in [-0.3, -0.25) is 4.79 Å². The van der Waals surface area contributed by atoms with Gasteiger partial charge in [0.25, 0.3) is 0 Å². The second-order valence-corrected chi connectivity index (χ2v) is 6.86. The molecule has 7 nitrogen and oxygen atoms in total. The van der Waals surface area contributed by atoms with Gasteiger partial charge in [-0.2, -0.15) is 5.10 Å². The van der Waals surface area contributed by atoms with Gasteiger partial charge < -0.3 is 19.9 Å². The second kappa shape index (κ2) is 7.09. The Morgan fingerprint density at radius 3 is 2.57 bits per heavy atom. The van der Waals surface area contributed by atoms with E-state index >= 15 is 0 Å². The molecule has 3 aromatic rings. The fourth-order valence-electron chi connectivity index (χ4n) is 3.44. The summed E-state index contributed by atoms with van der Waals surface area (Å²) in [5.74, 6) is 0.680. The van der Waals surface area contributed by atoms with Crippen LogP contribution in [0.15, 0.2) is 42.6 Å². The van der Waals surface area contributed by atoms with Crippen LogP contribution >= 0.6 is 11.6 Å². The summed E-state index contributed by atoms with van der Waals surface area (Å²) in [4.78, 5) is 12.4. The smallest absolute Gasteiger partial charge is 0.226 e. The second-order valence-electron chi connectivity index (χ2n) is 6.42. The number of halogens is 1. The predicted octanol–water partition coefficient (Wildman–Crippen LogP) is 3.72. The van der Waals surface area contributed by atoms with Crippen LogP contribution in [0.4, 0.5) is 5.82 Å². The number of hydrogen-bond donors (Lipinski definition) is 2. The summed E-state index contributed by atoms with van der Waals surface area (Å²) in [5, 5.41) is 18.1. The zero-order chi connectivity index (χ0) is 19.8. The van der Waals surface area contributed by atoms with Crippen LogP contribution in [0.2, 0.25) is 5.02 Å². The van der Waals surface area contributed by atoms with Gasteiger partial charge in [0, 0.05) is 22.9 Å². The van der Waals surface area contributed by atoms with Crippen molar-refractivity contribution in [2.75, 3.05) is 19.5 Å². The SMILES string of the molecule is COc1cc([C@H]2CC(=O)Nc3c2cnn3-c2cccc(Cl)c2)cc(OC)c1O. The minimum absolute atomic E-state index is 0.0798. The van der Waals surface area contributed by atoms with Gasteiger partial charge >= 0.3 is 0 Å². The third-order valence-electron chi connectivity index (χ3n) is 4.78. The number of amides is 1. The summed E-state index contributed by atoms with van der Waals surface area (Å²) in [6, 6.07) is 10.7. The highest BCUT2D eigenvalue weighted by Gasteiger charge is 2.31. The average Bonchev–Trinajstić information content (AvgIpc) is 3.11. The standard InChI is InChI=1S/C20H18ClN3O4/c1-27-16-6-11(7-17(28-2)19(16)26)14-9-18(25)23-20-15(14)10-22-24(20)13-5-3-4-12(21)8-13/h3-8,10,14,26H,9H2,1-2H3,(H,23,25)/t14-/m1/s1. The molecule has 0 spiro atoms. The van der Waals surface area contributed by atoms with Gasteiger partial charge in [-0.05, 0) is 35.9 Å². The number of anilines is 1. The number of nitrogens with zero attached hydrogens (tertiary/aromatic N) is 2. The van der Waals surface area contributed by atoms with Gasteiger partial charge in [0.05, 0.1) is 26.1 Å². The third-order valence-corrected chi connectivity index (χ3v) is 5.01. The van der Waals surface area contributed by atoms with Crippen molar-refractivity contribution in [2.24, 2.45) is 0 Å². The number of rotatable bonds is 4. The maximum atomic E-state index is 12.4. The predicted molar refractivity (Wildman–Crippen MR) is 105 cm³/mol. The van der Waals surface area contributed by atoms with E-state index in [0.29, 0.717) is 10.8 Å². The molecule has 0 radical (unpaired) electrons. The number of aromatic hydroxyl groups is 1. The lowest BCUT2D eigenvalue weighted by atomic mass is 9.87. The molecular weight excluding hydrogens is 382 g/mol. The highest BCUT2D eigenvalue weighted by atomic mass is 35.5. The van der Waals surface area contributed by atoms with E-state index in [1.54, 1.807) is 35.1 Å². The van der Waals surface area contributed by atoms with Crippen molar-refractivity contribution in [1.82, 2.24) is 9.78 Å². The van der Waals surface area contributed by atoms with Crippen LogP contribution in [-0.4, -0.2) is 35.0 Å². The molecule has 0 bridgehead atoms. The largest absolute Gasteiger partial charge is 0.502 e. The van der Waals surface area contributed by atoms with Crippen molar-refractivity contribution in [1.29, 1.82) is 0 Å². The summed E-state index contributed by atoms with van der Waals surface area (Å²) < 4.78 is 12.2. The number of phenols is 1. The summed E-state index contributed by atoms with van der Waals surface area (Å²) >= 11 is 6.10. The van der Waals surface area contributed by atoms with Gasteiger partial charge in [-0.1, -0.05) is 17.7 Å².